The molecule has 1 heterocycles. The number of carbonyl (C=O) groups excluding carboxylic acids is 1. The molecule has 0 unspecified atom stereocenters. The van der Waals surface area contributed by atoms with Crippen LogP contribution in [0.4, 0.5) is 0 Å². The third kappa shape index (κ3) is 5.04. The summed E-state index contributed by atoms with van der Waals surface area (Å²) in [5, 5.41) is 3.92. The first-order valence-electron chi connectivity index (χ1n) is 6.59. The molecular weight excluding hydrogens is 282 g/mol. The SMILES string of the molecule is Cc1cccc(/C=N\NC(=O)CSc2ccccc2C)n1. The van der Waals surface area contributed by atoms with Crippen molar-refractivity contribution in [2.45, 2.75) is 18.7 Å². The van der Waals surface area contributed by atoms with Crippen molar-refractivity contribution < 1.29 is 4.79 Å². The lowest BCUT2D eigenvalue weighted by Crippen LogP contribution is -2.19. The van der Waals surface area contributed by atoms with Gasteiger partial charge in [0, 0.05) is 10.6 Å². The van der Waals surface area contributed by atoms with Crippen LogP contribution in [0, 0.1) is 13.8 Å². The van der Waals surface area contributed by atoms with E-state index in [0.29, 0.717) is 5.75 Å². The van der Waals surface area contributed by atoms with Crippen LogP contribution in [0.3, 0.4) is 0 Å². The summed E-state index contributed by atoms with van der Waals surface area (Å²) in [4.78, 5) is 17.1. The molecule has 0 radical (unpaired) electrons. The Morgan fingerprint density at radius 1 is 1.24 bits per heavy atom. The van der Waals surface area contributed by atoms with Gasteiger partial charge >= 0.3 is 0 Å². The number of benzene rings is 1. The monoisotopic (exact) mass is 299 g/mol. The minimum Gasteiger partial charge on any atom is -0.272 e. The van der Waals surface area contributed by atoms with E-state index in [1.165, 1.54) is 17.3 Å². The van der Waals surface area contributed by atoms with Crippen molar-refractivity contribution in [2.24, 2.45) is 5.10 Å². The fraction of sp³-hybridized carbons (Fsp3) is 0.188. The summed E-state index contributed by atoms with van der Waals surface area (Å²) < 4.78 is 0. The Hall–Kier alpha value is -2.14. The number of carbonyl (C=O) groups is 1. The molecule has 1 N–H and O–H groups in total. The smallest absolute Gasteiger partial charge is 0.250 e. The average Bonchev–Trinajstić information content (AvgIpc) is 2.46. The summed E-state index contributed by atoms with van der Waals surface area (Å²) in [7, 11) is 0. The molecule has 5 heteroatoms. The van der Waals surface area contributed by atoms with E-state index in [0.717, 1.165) is 16.3 Å². The zero-order valence-electron chi connectivity index (χ0n) is 12.0. The molecule has 2 aromatic rings. The lowest BCUT2D eigenvalue weighted by Gasteiger charge is -2.03. The van der Waals surface area contributed by atoms with Crippen molar-refractivity contribution in [1.82, 2.24) is 10.4 Å². The molecule has 0 bridgehead atoms. The van der Waals surface area contributed by atoms with Crippen molar-refractivity contribution in [3.8, 4) is 0 Å². The second-order valence-corrected chi connectivity index (χ2v) is 5.57. The van der Waals surface area contributed by atoms with Crippen LogP contribution in [-0.4, -0.2) is 22.9 Å². The number of pyridine rings is 1. The maximum atomic E-state index is 11.7. The predicted molar refractivity (Wildman–Crippen MR) is 86.6 cm³/mol. The summed E-state index contributed by atoms with van der Waals surface area (Å²) in [6.45, 7) is 3.94. The molecule has 1 amide bonds. The van der Waals surface area contributed by atoms with E-state index >= 15 is 0 Å². The van der Waals surface area contributed by atoms with Gasteiger partial charge in [0.25, 0.3) is 0 Å². The summed E-state index contributed by atoms with van der Waals surface area (Å²) >= 11 is 1.50. The first-order chi connectivity index (χ1) is 10.1. The van der Waals surface area contributed by atoms with Crippen LogP contribution in [0.1, 0.15) is 17.0 Å². The van der Waals surface area contributed by atoms with Gasteiger partial charge in [-0.1, -0.05) is 24.3 Å². The molecule has 21 heavy (non-hydrogen) atoms. The number of hydrazone groups is 1. The van der Waals surface area contributed by atoms with Crippen LogP contribution in [0.15, 0.2) is 52.5 Å². The van der Waals surface area contributed by atoms with Gasteiger partial charge in [-0.05, 0) is 37.6 Å². The van der Waals surface area contributed by atoms with Crippen LogP contribution in [-0.2, 0) is 4.79 Å². The molecule has 0 aliphatic rings. The molecule has 1 aromatic heterocycles. The minimum absolute atomic E-state index is 0.132. The highest BCUT2D eigenvalue weighted by molar-refractivity contribution is 8.00. The number of thioether (sulfide) groups is 1. The second kappa shape index (κ2) is 7.59. The van der Waals surface area contributed by atoms with Gasteiger partial charge in [-0.25, -0.2) is 5.43 Å². The highest BCUT2D eigenvalue weighted by Crippen LogP contribution is 2.21. The van der Waals surface area contributed by atoms with Gasteiger partial charge in [0.05, 0.1) is 17.7 Å². The Balaban J connectivity index is 1.81. The van der Waals surface area contributed by atoms with Crippen LogP contribution < -0.4 is 5.43 Å². The first-order valence-corrected chi connectivity index (χ1v) is 7.58. The fourth-order valence-electron chi connectivity index (χ4n) is 1.70. The first kappa shape index (κ1) is 15.3. The van der Waals surface area contributed by atoms with Crippen LogP contribution in [0.5, 0.6) is 0 Å². The van der Waals surface area contributed by atoms with Crippen molar-refractivity contribution in [3.63, 3.8) is 0 Å². The normalized spacial score (nSPS) is 10.8. The minimum atomic E-state index is -0.132. The molecule has 4 nitrogen and oxygen atoms in total. The van der Waals surface area contributed by atoms with Crippen LogP contribution >= 0.6 is 11.8 Å². The van der Waals surface area contributed by atoms with Crippen molar-refractivity contribution in [1.29, 1.82) is 0 Å². The van der Waals surface area contributed by atoms with Crippen LogP contribution in [0.25, 0.3) is 0 Å². The number of amides is 1. The Morgan fingerprint density at radius 2 is 2.05 bits per heavy atom. The van der Waals surface area contributed by atoms with Gasteiger partial charge < -0.3 is 0 Å². The maximum Gasteiger partial charge on any atom is 0.250 e. The molecular formula is C16H17N3OS. The molecule has 0 aliphatic heterocycles. The molecule has 0 atom stereocenters. The topological polar surface area (TPSA) is 54.4 Å². The van der Waals surface area contributed by atoms with E-state index < -0.39 is 0 Å². The van der Waals surface area contributed by atoms with E-state index in [4.69, 9.17) is 0 Å². The Morgan fingerprint density at radius 3 is 2.81 bits per heavy atom. The van der Waals surface area contributed by atoms with E-state index in [9.17, 15) is 4.79 Å². The van der Waals surface area contributed by atoms with Gasteiger partial charge in [0.15, 0.2) is 0 Å². The third-order valence-corrected chi connectivity index (χ3v) is 3.92. The van der Waals surface area contributed by atoms with Gasteiger partial charge in [-0.2, -0.15) is 5.10 Å². The zero-order chi connectivity index (χ0) is 15.1. The molecule has 0 saturated carbocycles. The number of nitrogens with one attached hydrogen (secondary N) is 1. The van der Waals surface area contributed by atoms with Gasteiger partial charge in [0.2, 0.25) is 5.91 Å². The summed E-state index contributed by atoms with van der Waals surface area (Å²) in [6, 6.07) is 13.6. The van der Waals surface area contributed by atoms with Crippen LogP contribution in [0.2, 0.25) is 0 Å². The molecule has 0 aliphatic carbocycles. The number of aromatic nitrogens is 1. The maximum absolute atomic E-state index is 11.7. The number of hydrogen-bond donors (Lipinski definition) is 1. The number of hydrogen-bond acceptors (Lipinski definition) is 4. The van der Waals surface area contributed by atoms with Gasteiger partial charge in [-0.3, -0.25) is 9.78 Å². The number of rotatable bonds is 5. The number of nitrogens with zero attached hydrogens (tertiary/aromatic N) is 2. The van der Waals surface area contributed by atoms with Crippen molar-refractivity contribution in [3.05, 3.63) is 59.4 Å². The standard InChI is InChI=1S/C16H17N3OS/c1-12-6-3-4-9-15(12)21-11-16(20)19-17-10-14-8-5-7-13(2)18-14/h3-10H,11H2,1-2H3,(H,19,20)/b17-10-. The Labute approximate surface area is 128 Å². The summed E-state index contributed by atoms with van der Waals surface area (Å²) in [5.41, 5.74) is 5.32. The lowest BCUT2D eigenvalue weighted by atomic mass is 10.2. The fourth-order valence-corrected chi connectivity index (χ4v) is 2.52. The quantitative estimate of drug-likeness (QED) is 0.524. The number of aryl methyl sites for hydroxylation is 2. The molecule has 0 spiro atoms. The second-order valence-electron chi connectivity index (χ2n) is 4.55. The molecule has 2 rings (SSSR count). The molecule has 1 aromatic carbocycles. The van der Waals surface area contributed by atoms with E-state index in [2.05, 4.69) is 15.5 Å². The van der Waals surface area contributed by atoms with Gasteiger partial charge in [0.1, 0.15) is 0 Å². The lowest BCUT2D eigenvalue weighted by molar-refractivity contribution is -0.118. The highest BCUT2D eigenvalue weighted by atomic mass is 32.2. The largest absolute Gasteiger partial charge is 0.272 e. The Bertz CT molecular complexity index is 655. The summed E-state index contributed by atoms with van der Waals surface area (Å²) in [5.74, 6) is 0.204. The van der Waals surface area contributed by atoms with Gasteiger partial charge in [-0.15, -0.1) is 11.8 Å². The van der Waals surface area contributed by atoms with E-state index in [1.54, 1.807) is 6.21 Å². The van der Waals surface area contributed by atoms with E-state index in [-0.39, 0.29) is 5.91 Å². The van der Waals surface area contributed by atoms with Crippen molar-refractivity contribution >= 4 is 23.9 Å². The van der Waals surface area contributed by atoms with E-state index in [1.807, 2.05) is 56.3 Å². The molecule has 0 fully saturated rings. The average molecular weight is 299 g/mol. The van der Waals surface area contributed by atoms with Crippen molar-refractivity contribution in [2.75, 3.05) is 5.75 Å². The third-order valence-electron chi connectivity index (χ3n) is 2.75. The molecule has 0 saturated heterocycles. The highest BCUT2D eigenvalue weighted by Gasteiger charge is 2.03. The molecule has 108 valence electrons. The zero-order valence-corrected chi connectivity index (χ0v) is 12.9. The summed E-state index contributed by atoms with van der Waals surface area (Å²) in [6.07, 6.45) is 1.54. The Kier molecular flexibility index (Phi) is 5.51. The predicted octanol–water partition coefficient (Wildman–Crippen LogP) is 2.94.